The molecule has 1 N–H and O–H groups in total. The number of halogens is 1. The molecule has 1 aliphatic heterocycles. The molecule has 1 heterocycles. The highest BCUT2D eigenvalue weighted by molar-refractivity contribution is 5.40. The summed E-state index contributed by atoms with van der Waals surface area (Å²) < 4.78 is 19.0. The van der Waals surface area contributed by atoms with Crippen molar-refractivity contribution in [2.45, 2.75) is 32.7 Å². The largest absolute Gasteiger partial charge is 0.493 e. The van der Waals surface area contributed by atoms with Crippen molar-refractivity contribution < 1.29 is 9.13 Å². The number of fused-ring (bicyclic) bond motifs is 1. The highest BCUT2D eigenvalue weighted by Gasteiger charge is 2.20. The molecular formula is C13H18FNO. The fourth-order valence-corrected chi connectivity index (χ4v) is 2.17. The lowest BCUT2D eigenvalue weighted by atomic mass is 10.00. The van der Waals surface area contributed by atoms with Gasteiger partial charge in [-0.1, -0.05) is 6.92 Å². The van der Waals surface area contributed by atoms with Crippen LogP contribution in [0.5, 0.6) is 5.75 Å². The van der Waals surface area contributed by atoms with Crippen LogP contribution in [0.15, 0.2) is 12.1 Å². The van der Waals surface area contributed by atoms with Crippen LogP contribution in [-0.2, 0) is 0 Å². The molecule has 0 bridgehead atoms. The monoisotopic (exact) mass is 223 g/mol. The van der Waals surface area contributed by atoms with Crippen LogP contribution in [-0.4, -0.2) is 13.2 Å². The van der Waals surface area contributed by atoms with Crippen molar-refractivity contribution in [3.8, 4) is 5.75 Å². The van der Waals surface area contributed by atoms with E-state index < -0.39 is 0 Å². The third-order valence-electron chi connectivity index (χ3n) is 3.01. The molecule has 0 aromatic heterocycles. The lowest BCUT2D eigenvalue weighted by Gasteiger charge is -2.18. The Bertz CT molecular complexity index is 378. The summed E-state index contributed by atoms with van der Waals surface area (Å²) in [6.45, 7) is 5.48. The Morgan fingerprint density at radius 3 is 3.06 bits per heavy atom. The summed E-state index contributed by atoms with van der Waals surface area (Å²) in [5.41, 5.74) is 1.78. The Labute approximate surface area is 95.8 Å². The predicted molar refractivity (Wildman–Crippen MR) is 62.3 cm³/mol. The van der Waals surface area contributed by atoms with E-state index in [0.29, 0.717) is 24.0 Å². The summed E-state index contributed by atoms with van der Waals surface area (Å²) in [7, 11) is 0. The van der Waals surface area contributed by atoms with E-state index in [1.807, 2.05) is 6.07 Å². The maximum absolute atomic E-state index is 13.5. The van der Waals surface area contributed by atoms with Gasteiger partial charge in [0.15, 0.2) is 0 Å². The van der Waals surface area contributed by atoms with Gasteiger partial charge in [0.1, 0.15) is 11.6 Å². The van der Waals surface area contributed by atoms with Gasteiger partial charge in [0.2, 0.25) is 0 Å². The predicted octanol–water partition coefficient (Wildman–Crippen LogP) is 2.96. The normalized spacial score (nSPS) is 19.8. The van der Waals surface area contributed by atoms with Gasteiger partial charge in [-0.25, -0.2) is 4.39 Å². The van der Waals surface area contributed by atoms with Gasteiger partial charge in [0, 0.05) is 17.7 Å². The lowest BCUT2D eigenvalue weighted by Crippen LogP contribution is -2.20. The van der Waals surface area contributed by atoms with Crippen LogP contribution in [0.1, 0.15) is 36.9 Å². The minimum Gasteiger partial charge on any atom is -0.493 e. The molecule has 1 aliphatic rings. The summed E-state index contributed by atoms with van der Waals surface area (Å²) in [6.07, 6.45) is 2.05. The zero-order valence-electron chi connectivity index (χ0n) is 9.85. The molecule has 3 heteroatoms. The first-order chi connectivity index (χ1) is 7.72. The Morgan fingerprint density at radius 2 is 2.31 bits per heavy atom. The van der Waals surface area contributed by atoms with Gasteiger partial charge in [-0.2, -0.15) is 0 Å². The molecule has 1 aromatic carbocycles. The van der Waals surface area contributed by atoms with E-state index in [9.17, 15) is 4.39 Å². The highest BCUT2D eigenvalue weighted by atomic mass is 19.1. The highest BCUT2D eigenvalue weighted by Crippen LogP contribution is 2.33. The maximum atomic E-state index is 13.5. The van der Waals surface area contributed by atoms with Crippen molar-refractivity contribution in [3.63, 3.8) is 0 Å². The molecule has 88 valence electrons. The Morgan fingerprint density at radius 1 is 1.50 bits per heavy atom. The van der Waals surface area contributed by atoms with Gasteiger partial charge < -0.3 is 10.1 Å². The summed E-state index contributed by atoms with van der Waals surface area (Å²) in [6, 6.07) is 3.71. The quantitative estimate of drug-likeness (QED) is 0.832. The summed E-state index contributed by atoms with van der Waals surface area (Å²) in [4.78, 5) is 0. The SMILES string of the molecule is CCNC1CCCOc2cc(F)c(C)cc21. The molecule has 0 radical (unpaired) electrons. The number of aryl methyl sites for hydroxylation is 1. The van der Waals surface area contributed by atoms with Gasteiger partial charge in [-0.15, -0.1) is 0 Å². The molecule has 0 amide bonds. The van der Waals surface area contributed by atoms with Crippen molar-refractivity contribution in [1.82, 2.24) is 5.32 Å². The van der Waals surface area contributed by atoms with E-state index in [1.54, 1.807) is 6.92 Å². The van der Waals surface area contributed by atoms with E-state index in [1.165, 1.54) is 6.07 Å². The molecule has 16 heavy (non-hydrogen) atoms. The number of hydrogen-bond acceptors (Lipinski definition) is 2. The molecule has 0 saturated carbocycles. The van der Waals surface area contributed by atoms with Crippen molar-refractivity contribution in [2.75, 3.05) is 13.2 Å². The molecule has 0 aliphatic carbocycles. The first-order valence-corrected chi connectivity index (χ1v) is 5.88. The number of ether oxygens (including phenoxy) is 1. The second-order valence-electron chi connectivity index (χ2n) is 4.24. The molecule has 0 spiro atoms. The number of benzene rings is 1. The number of rotatable bonds is 2. The minimum absolute atomic E-state index is 0.184. The van der Waals surface area contributed by atoms with Crippen LogP contribution in [0.2, 0.25) is 0 Å². The summed E-state index contributed by atoms with van der Waals surface area (Å²) >= 11 is 0. The first-order valence-electron chi connectivity index (χ1n) is 5.88. The van der Waals surface area contributed by atoms with Gasteiger partial charge in [-0.3, -0.25) is 0 Å². The van der Waals surface area contributed by atoms with Crippen LogP contribution >= 0.6 is 0 Å². The molecule has 1 aromatic rings. The van der Waals surface area contributed by atoms with E-state index in [0.717, 1.165) is 24.9 Å². The molecule has 0 fully saturated rings. The summed E-state index contributed by atoms with van der Waals surface area (Å²) in [5, 5.41) is 3.42. The van der Waals surface area contributed by atoms with Gasteiger partial charge in [0.05, 0.1) is 6.61 Å². The third kappa shape index (κ3) is 2.19. The standard InChI is InChI=1S/C13H18FNO/c1-3-15-12-5-4-6-16-13-8-11(14)9(2)7-10(12)13/h7-8,12,15H,3-6H2,1-2H3. The van der Waals surface area contributed by atoms with Crippen LogP contribution < -0.4 is 10.1 Å². The lowest BCUT2D eigenvalue weighted by molar-refractivity contribution is 0.313. The fourth-order valence-electron chi connectivity index (χ4n) is 2.17. The van der Waals surface area contributed by atoms with Gasteiger partial charge in [0.25, 0.3) is 0 Å². The molecular weight excluding hydrogens is 205 g/mol. The Balaban J connectivity index is 2.39. The number of hydrogen-bond donors (Lipinski definition) is 1. The van der Waals surface area contributed by atoms with Gasteiger partial charge >= 0.3 is 0 Å². The smallest absolute Gasteiger partial charge is 0.129 e. The zero-order chi connectivity index (χ0) is 11.5. The van der Waals surface area contributed by atoms with Crippen LogP contribution in [0.25, 0.3) is 0 Å². The molecule has 1 unspecified atom stereocenters. The fraction of sp³-hybridized carbons (Fsp3) is 0.538. The Hall–Kier alpha value is -1.09. The average Bonchev–Trinajstić information content (AvgIpc) is 2.44. The van der Waals surface area contributed by atoms with Gasteiger partial charge in [-0.05, 0) is 37.9 Å². The molecule has 1 atom stereocenters. The van der Waals surface area contributed by atoms with E-state index >= 15 is 0 Å². The van der Waals surface area contributed by atoms with E-state index in [4.69, 9.17) is 4.74 Å². The second kappa shape index (κ2) is 4.83. The second-order valence-corrected chi connectivity index (χ2v) is 4.24. The zero-order valence-corrected chi connectivity index (χ0v) is 9.85. The topological polar surface area (TPSA) is 21.3 Å². The summed E-state index contributed by atoms with van der Waals surface area (Å²) in [5.74, 6) is 0.516. The maximum Gasteiger partial charge on any atom is 0.129 e. The van der Waals surface area contributed by atoms with Crippen LogP contribution in [0.3, 0.4) is 0 Å². The molecule has 2 nitrogen and oxygen atoms in total. The Kier molecular flexibility index (Phi) is 3.44. The van der Waals surface area contributed by atoms with Crippen molar-refractivity contribution in [3.05, 3.63) is 29.1 Å². The number of nitrogens with one attached hydrogen (secondary N) is 1. The molecule has 2 rings (SSSR count). The molecule has 0 saturated heterocycles. The van der Waals surface area contributed by atoms with E-state index in [-0.39, 0.29) is 5.82 Å². The van der Waals surface area contributed by atoms with Crippen molar-refractivity contribution in [2.24, 2.45) is 0 Å². The van der Waals surface area contributed by atoms with E-state index in [2.05, 4.69) is 12.2 Å². The third-order valence-corrected chi connectivity index (χ3v) is 3.01. The van der Waals surface area contributed by atoms with Crippen molar-refractivity contribution in [1.29, 1.82) is 0 Å². The first kappa shape index (κ1) is 11.4. The van der Waals surface area contributed by atoms with Crippen LogP contribution in [0, 0.1) is 12.7 Å². The minimum atomic E-state index is -0.184. The van der Waals surface area contributed by atoms with Crippen molar-refractivity contribution >= 4 is 0 Å². The average molecular weight is 223 g/mol. The van der Waals surface area contributed by atoms with Crippen LogP contribution in [0.4, 0.5) is 4.39 Å².